The van der Waals surface area contributed by atoms with Crippen molar-refractivity contribution in [1.82, 2.24) is 9.97 Å². The van der Waals surface area contributed by atoms with E-state index < -0.39 is 0 Å². The molecule has 0 amide bonds. The molecule has 0 aliphatic rings. The van der Waals surface area contributed by atoms with Crippen molar-refractivity contribution in [2.75, 3.05) is 0 Å². The van der Waals surface area contributed by atoms with E-state index in [9.17, 15) is 0 Å². The zero-order valence-corrected chi connectivity index (χ0v) is 12.0. The highest BCUT2D eigenvalue weighted by Crippen LogP contribution is 2.23. The van der Waals surface area contributed by atoms with Crippen LogP contribution in [0.5, 0.6) is 0 Å². The van der Waals surface area contributed by atoms with E-state index in [4.69, 9.17) is 11.6 Å². The van der Waals surface area contributed by atoms with Gasteiger partial charge in [-0.1, -0.05) is 35.7 Å². The van der Waals surface area contributed by atoms with Crippen LogP contribution in [0.25, 0.3) is 11.4 Å². The Morgan fingerprint density at radius 1 is 1.00 bits per heavy atom. The van der Waals surface area contributed by atoms with E-state index in [1.807, 2.05) is 6.92 Å². The van der Waals surface area contributed by atoms with Crippen LogP contribution in [0.1, 0.15) is 29.3 Å². The van der Waals surface area contributed by atoms with Crippen LogP contribution in [0.3, 0.4) is 0 Å². The third-order valence-electron chi connectivity index (χ3n) is 3.00. The number of hydrogen-bond donors (Lipinski definition) is 0. The summed E-state index contributed by atoms with van der Waals surface area (Å²) < 4.78 is 0. The quantitative estimate of drug-likeness (QED) is 0.753. The molecule has 1 heterocycles. The molecule has 94 valence electrons. The topological polar surface area (TPSA) is 25.8 Å². The van der Waals surface area contributed by atoms with Crippen LogP contribution in [0.2, 0.25) is 5.15 Å². The van der Waals surface area contributed by atoms with Gasteiger partial charge in [0, 0.05) is 16.8 Å². The Bertz CT molecular complexity index is 571. The molecule has 3 heteroatoms. The molecule has 0 atom stereocenters. The zero-order valence-electron chi connectivity index (χ0n) is 11.2. The number of rotatable bonds is 2. The Hall–Kier alpha value is -1.41. The largest absolute Gasteiger partial charge is 0.233 e. The minimum Gasteiger partial charge on any atom is -0.233 e. The van der Waals surface area contributed by atoms with Crippen molar-refractivity contribution in [3.8, 4) is 11.4 Å². The number of aryl methyl sites for hydroxylation is 3. The maximum atomic E-state index is 6.18. The minimum absolute atomic E-state index is 0.552. The first-order valence-corrected chi connectivity index (χ1v) is 6.50. The molecule has 0 saturated carbocycles. The lowest BCUT2D eigenvalue weighted by Crippen LogP contribution is -2.00. The molecule has 2 aromatic rings. The highest BCUT2D eigenvalue weighted by atomic mass is 35.5. The van der Waals surface area contributed by atoms with Gasteiger partial charge in [-0.05, 0) is 39.3 Å². The number of nitrogens with zero attached hydrogens (tertiary/aromatic N) is 2. The second kappa shape index (κ2) is 5.07. The van der Waals surface area contributed by atoms with Crippen LogP contribution in [-0.4, -0.2) is 9.97 Å². The first-order valence-electron chi connectivity index (χ1n) is 6.13. The fourth-order valence-corrected chi connectivity index (χ4v) is 2.30. The van der Waals surface area contributed by atoms with Gasteiger partial charge < -0.3 is 0 Å². The highest BCUT2D eigenvalue weighted by molar-refractivity contribution is 6.30. The van der Waals surface area contributed by atoms with Crippen molar-refractivity contribution in [1.29, 1.82) is 0 Å². The molecule has 0 saturated heterocycles. The summed E-state index contributed by atoms with van der Waals surface area (Å²) in [6, 6.07) is 6.32. The van der Waals surface area contributed by atoms with Crippen molar-refractivity contribution < 1.29 is 0 Å². The summed E-state index contributed by atoms with van der Waals surface area (Å²) in [6.07, 6.45) is 0.867. The summed E-state index contributed by atoms with van der Waals surface area (Å²) >= 11 is 6.18. The van der Waals surface area contributed by atoms with Gasteiger partial charge in [0.05, 0.1) is 0 Å². The molecule has 0 N–H and O–H groups in total. The van der Waals surface area contributed by atoms with Crippen molar-refractivity contribution in [3.05, 3.63) is 45.7 Å². The third kappa shape index (κ3) is 2.54. The minimum atomic E-state index is 0.552. The SMILES string of the molecule is CCc1nc(-c2cc(C)cc(C)c2)nc(Cl)c1C. The predicted octanol–water partition coefficient (Wildman–Crippen LogP) is 4.28. The van der Waals surface area contributed by atoms with Crippen LogP contribution >= 0.6 is 11.6 Å². The Balaban J connectivity index is 2.60. The van der Waals surface area contributed by atoms with Gasteiger partial charge in [-0.3, -0.25) is 0 Å². The number of hydrogen-bond acceptors (Lipinski definition) is 2. The molecule has 18 heavy (non-hydrogen) atoms. The fourth-order valence-electron chi connectivity index (χ4n) is 2.11. The van der Waals surface area contributed by atoms with E-state index in [1.54, 1.807) is 0 Å². The maximum absolute atomic E-state index is 6.18. The average Bonchev–Trinajstić information content (AvgIpc) is 2.31. The number of halogens is 1. The monoisotopic (exact) mass is 260 g/mol. The number of aromatic nitrogens is 2. The van der Waals surface area contributed by atoms with Gasteiger partial charge in [0.25, 0.3) is 0 Å². The van der Waals surface area contributed by atoms with Crippen molar-refractivity contribution >= 4 is 11.6 Å². The molecular formula is C15H17ClN2. The molecule has 0 aliphatic carbocycles. The molecule has 0 aliphatic heterocycles. The summed E-state index contributed by atoms with van der Waals surface area (Å²) in [7, 11) is 0. The summed E-state index contributed by atoms with van der Waals surface area (Å²) in [5.74, 6) is 0.717. The summed E-state index contributed by atoms with van der Waals surface area (Å²) in [6.45, 7) is 8.20. The standard InChI is InChI=1S/C15H17ClN2/c1-5-13-11(4)14(16)18-15(17-13)12-7-9(2)6-10(3)8-12/h6-8H,5H2,1-4H3. The fraction of sp³-hybridized carbons (Fsp3) is 0.333. The van der Waals surface area contributed by atoms with Gasteiger partial charge in [-0.15, -0.1) is 0 Å². The van der Waals surface area contributed by atoms with Gasteiger partial charge in [-0.2, -0.15) is 0 Å². The third-order valence-corrected chi connectivity index (χ3v) is 3.37. The van der Waals surface area contributed by atoms with Crippen LogP contribution in [0.15, 0.2) is 18.2 Å². The lowest BCUT2D eigenvalue weighted by atomic mass is 10.1. The predicted molar refractivity (Wildman–Crippen MR) is 76.1 cm³/mol. The molecular weight excluding hydrogens is 244 g/mol. The van der Waals surface area contributed by atoms with Crippen LogP contribution in [-0.2, 0) is 6.42 Å². The van der Waals surface area contributed by atoms with Crippen molar-refractivity contribution in [2.24, 2.45) is 0 Å². The molecule has 1 aromatic heterocycles. The second-order valence-electron chi connectivity index (χ2n) is 4.64. The number of benzene rings is 1. The smallest absolute Gasteiger partial charge is 0.161 e. The van der Waals surface area contributed by atoms with Gasteiger partial charge >= 0.3 is 0 Å². The Morgan fingerprint density at radius 2 is 1.61 bits per heavy atom. The molecule has 0 radical (unpaired) electrons. The first kappa shape index (κ1) is 13.0. The molecule has 1 aromatic carbocycles. The normalized spacial score (nSPS) is 10.7. The van der Waals surface area contributed by atoms with Crippen molar-refractivity contribution in [2.45, 2.75) is 34.1 Å². The summed E-state index contributed by atoms with van der Waals surface area (Å²) in [5, 5.41) is 0.552. The highest BCUT2D eigenvalue weighted by Gasteiger charge is 2.10. The van der Waals surface area contributed by atoms with E-state index in [1.165, 1.54) is 11.1 Å². The van der Waals surface area contributed by atoms with E-state index in [0.29, 0.717) is 11.0 Å². The van der Waals surface area contributed by atoms with E-state index in [-0.39, 0.29) is 0 Å². The van der Waals surface area contributed by atoms with Gasteiger partial charge in [0.2, 0.25) is 0 Å². The van der Waals surface area contributed by atoms with Crippen molar-refractivity contribution in [3.63, 3.8) is 0 Å². The molecule has 0 spiro atoms. The zero-order chi connectivity index (χ0) is 13.3. The molecule has 2 rings (SSSR count). The van der Waals surface area contributed by atoms with E-state index in [2.05, 4.69) is 48.9 Å². The second-order valence-corrected chi connectivity index (χ2v) is 5.00. The Morgan fingerprint density at radius 3 is 2.17 bits per heavy atom. The molecule has 2 nitrogen and oxygen atoms in total. The van der Waals surface area contributed by atoms with Gasteiger partial charge in [-0.25, -0.2) is 9.97 Å². The maximum Gasteiger partial charge on any atom is 0.161 e. The van der Waals surface area contributed by atoms with Gasteiger partial charge in [0.1, 0.15) is 5.15 Å². The lowest BCUT2D eigenvalue weighted by Gasteiger charge is -2.09. The van der Waals surface area contributed by atoms with Crippen LogP contribution in [0.4, 0.5) is 0 Å². The van der Waals surface area contributed by atoms with Crippen LogP contribution < -0.4 is 0 Å². The van der Waals surface area contributed by atoms with E-state index in [0.717, 1.165) is 23.2 Å². The van der Waals surface area contributed by atoms with E-state index >= 15 is 0 Å². The average molecular weight is 261 g/mol. The summed E-state index contributed by atoms with van der Waals surface area (Å²) in [4.78, 5) is 9.00. The Kier molecular flexibility index (Phi) is 3.67. The lowest BCUT2D eigenvalue weighted by molar-refractivity contribution is 0.976. The van der Waals surface area contributed by atoms with Crippen LogP contribution in [0, 0.1) is 20.8 Å². The molecule has 0 fully saturated rings. The molecule has 0 bridgehead atoms. The Labute approximate surface area is 113 Å². The summed E-state index contributed by atoms with van der Waals surface area (Å²) in [5.41, 5.74) is 5.45. The molecule has 0 unspecified atom stereocenters. The van der Waals surface area contributed by atoms with Gasteiger partial charge in [0.15, 0.2) is 5.82 Å². The first-order chi connectivity index (χ1) is 8.51.